The average molecular weight is 205 g/mol. The monoisotopic (exact) mass is 205 g/mol. The molecule has 0 fully saturated rings. The maximum atomic E-state index is 9.90. The van der Waals surface area contributed by atoms with E-state index in [9.17, 15) is 5.11 Å². The van der Waals surface area contributed by atoms with E-state index in [0.29, 0.717) is 17.7 Å². The third-order valence-corrected chi connectivity index (χ3v) is 3.01. The van der Waals surface area contributed by atoms with Gasteiger partial charge in [-0.1, -0.05) is 26.0 Å². The van der Waals surface area contributed by atoms with E-state index >= 15 is 0 Å². The van der Waals surface area contributed by atoms with Gasteiger partial charge in [0.1, 0.15) is 5.75 Å². The minimum absolute atomic E-state index is 0.329. The van der Waals surface area contributed by atoms with Crippen molar-refractivity contribution < 1.29 is 5.11 Å². The lowest BCUT2D eigenvalue weighted by Crippen LogP contribution is -2.30. The summed E-state index contributed by atoms with van der Waals surface area (Å²) in [6.07, 6.45) is 2.11. The molecule has 0 saturated carbocycles. The van der Waals surface area contributed by atoms with Crippen molar-refractivity contribution in [2.45, 2.75) is 32.7 Å². The lowest BCUT2D eigenvalue weighted by Gasteiger charge is -2.28. The van der Waals surface area contributed by atoms with Crippen LogP contribution in [0.1, 0.15) is 37.4 Å². The van der Waals surface area contributed by atoms with Gasteiger partial charge in [-0.25, -0.2) is 0 Å². The molecule has 0 spiro atoms. The second-order valence-electron chi connectivity index (χ2n) is 4.74. The number of nitrogens with one attached hydrogen (secondary N) is 1. The molecular formula is C13H19NO. The fourth-order valence-electron chi connectivity index (χ4n) is 2.38. The highest BCUT2D eigenvalue weighted by Gasteiger charge is 2.22. The van der Waals surface area contributed by atoms with Crippen LogP contribution >= 0.6 is 0 Å². The Morgan fingerprint density at radius 3 is 3.00 bits per heavy atom. The Bertz CT molecular complexity index is 346. The van der Waals surface area contributed by atoms with E-state index < -0.39 is 0 Å². The number of aromatic hydroxyl groups is 1. The van der Waals surface area contributed by atoms with Gasteiger partial charge in [-0.15, -0.1) is 0 Å². The van der Waals surface area contributed by atoms with Crippen molar-refractivity contribution in [3.05, 3.63) is 29.3 Å². The molecule has 1 aliphatic heterocycles. The molecule has 0 radical (unpaired) electrons. The lowest BCUT2D eigenvalue weighted by molar-refractivity contribution is 0.389. The topological polar surface area (TPSA) is 32.3 Å². The minimum Gasteiger partial charge on any atom is -0.508 e. The van der Waals surface area contributed by atoms with Crippen molar-refractivity contribution in [2.24, 2.45) is 5.92 Å². The predicted octanol–water partition coefficient (Wildman–Crippen LogP) is 2.63. The first-order chi connectivity index (χ1) is 7.18. The van der Waals surface area contributed by atoms with E-state index in [1.807, 2.05) is 6.07 Å². The Balaban J connectivity index is 2.32. The smallest absolute Gasteiger partial charge is 0.120 e. The largest absolute Gasteiger partial charge is 0.508 e. The maximum absolute atomic E-state index is 9.90. The van der Waals surface area contributed by atoms with Crippen LogP contribution in [0.3, 0.4) is 0 Å². The van der Waals surface area contributed by atoms with Crippen molar-refractivity contribution in [2.75, 3.05) is 6.54 Å². The highest BCUT2D eigenvalue weighted by atomic mass is 16.3. The molecule has 0 bridgehead atoms. The molecule has 1 aliphatic rings. The highest BCUT2D eigenvalue weighted by molar-refractivity contribution is 5.43. The van der Waals surface area contributed by atoms with E-state index in [0.717, 1.165) is 24.9 Å². The van der Waals surface area contributed by atoms with E-state index in [4.69, 9.17) is 0 Å². The fraction of sp³-hybridized carbons (Fsp3) is 0.538. The van der Waals surface area contributed by atoms with Crippen LogP contribution in [0, 0.1) is 5.92 Å². The van der Waals surface area contributed by atoms with Gasteiger partial charge in [0.2, 0.25) is 0 Å². The van der Waals surface area contributed by atoms with E-state index in [1.54, 1.807) is 6.07 Å². The molecule has 2 N–H and O–H groups in total. The van der Waals surface area contributed by atoms with Crippen LogP contribution in [0.25, 0.3) is 0 Å². The highest BCUT2D eigenvalue weighted by Crippen LogP contribution is 2.34. The van der Waals surface area contributed by atoms with E-state index in [2.05, 4.69) is 25.2 Å². The molecule has 1 aromatic carbocycles. The molecular weight excluding hydrogens is 186 g/mol. The second-order valence-corrected chi connectivity index (χ2v) is 4.74. The molecule has 0 aromatic heterocycles. The lowest BCUT2D eigenvalue weighted by atomic mass is 9.88. The summed E-state index contributed by atoms with van der Waals surface area (Å²) in [6.45, 7) is 5.46. The molecule has 1 atom stereocenters. The Hall–Kier alpha value is -1.02. The second kappa shape index (κ2) is 4.23. The van der Waals surface area contributed by atoms with Crippen LogP contribution in [0.4, 0.5) is 0 Å². The standard InChI is InChI=1S/C13H19NO/c1-9(2)8-11-13-10(6-7-14-11)4-3-5-12(13)15/h3-5,9,11,14-15H,6-8H2,1-2H3. The van der Waals surface area contributed by atoms with Gasteiger partial charge in [0.15, 0.2) is 0 Å². The third kappa shape index (κ3) is 2.15. The summed E-state index contributed by atoms with van der Waals surface area (Å²) in [5.41, 5.74) is 2.43. The molecule has 2 nitrogen and oxygen atoms in total. The number of hydrogen-bond acceptors (Lipinski definition) is 2. The van der Waals surface area contributed by atoms with Crippen LogP contribution in [0.15, 0.2) is 18.2 Å². The summed E-state index contributed by atoms with van der Waals surface area (Å²) in [5.74, 6) is 1.10. The molecule has 1 unspecified atom stereocenters. The maximum Gasteiger partial charge on any atom is 0.120 e. The van der Waals surface area contributed by atoms with E-state index in [1.165, 1.54) is 5.56 Å². The summed E-state index contributed by atoms with van der Waals surface area (Å²) in [7, 11) is 0. The molecule has 0 aliphatic carbocycles. The summed E-state index contributed by atoms with van der Waals surface area (Å²) >= 11 is 0. The Morgan fingerprint density at radius 1 is 1.47 bits per heavy atom. The van der Waals surface area contributed by atoms with Crippen molar-refractivity contribution in [1.29, 1.82) is 0 Å². The quantitative estimate of drug-likeness (QED) is 0.778. The molecule has 2 heteroatoms. The van der Waals surface area contributed by atoms with Gasteiger partial charge >= 0.3 is 0 Å². The van der Waals surface area contributed by atoms with Gasteiger partial charge in [-0.05, 0) is 36.9 Å². The molecule has 1 heterocycles. The van der Waals surface area contributed by atoms with Gasteiger partial charge in [-0.2, -0.15) is 0 Å². The SMILES string of the molecule is CC(C)CC1NCCc2cccc(O)c21. The van der Waals surface area contributed by atoms with Crippen LogP contribution < -0.4 is 5.32 Å². The van der Waals surface area contributed by atoms with Gasteiger partial charge in [0.05, 0.1) is 0 Å². The summed E-state index contributed by atoms with van der Waals surface area (Å²) < 4.78 is 0. The van der Waals surface area contributed by atoms with Gasteiger partial charge < -0.3 is 10.4 Å². The number of rotatable bonds is 2. The normalized spacial score (nSPS) is 20.3. The predicted molar refractivity (Wildman–Crippen MR) is 62.0 cm³/mol. The Labute approximate surface area is 91.3 Å². The van der Waals surface area contributed by atoms with Gasteiger partial charge in [-0.3, -0.25) is 0 Å². The van der Waals surface area contributed by atoms with Crippen molar-refractivity contribution in [3.63, 3.8) is 0 Å². The first kappa shape index (κ1) is 10.5. The molecule has 1 aromatic rings. The third-order valence-electron chi connectivity index (χ3n) is 3.01. The minimum atomic E-state index is 0.329. The number of phenolic OH excluding ortho intramolecular Hbond substituents is 1. The molecule has 82 valence electrons. The number of benzene rings is 1. The average Bonchev–Trinajstić information content (AvgIpc) is 2.17. The van der Waals surface area contributed by atoms with Crippen molar-refractivity contribution >= 4 is 0 Å². The zero-order chi connectivity index (χ0) is 10.8. The number of fused-ring (bicyclic) bond motifs is 1. The van der Waals surface area contributed by atoms with Gasteiger partial charge in [0.25, 0.3) is 0 Å². The summed E-state index contributed by atoms with van der Waals surface area (Å²) in [5, 5.41) is 13.4. The molecule has 0 amide bonds. The van der Waals surface area contributed by atoms with Crippen molar-refractivity contribution in [1.82, 2.24) is 5.32 Å². The Kier molecular flexibility index (Phi) is 2.96. The van der Waals surface area contributed by atoms with Crippen LogP contribution in [0.2, 0.25) is 0 Å². The van der Waals surface area contributed by atoms with Gasteiger partial charge in [0, 0.05) is 11.6 Å². The zero-order valence-electron chi connectivity index (χ0n) is 9.46. The fourth-order valence-corrected chi connectivity index (χ4v) is 2.38. The summed E-state index contributed by atoms with van der Waals surface area (Å²) in [6, 6.07) is 6.18. The molecule has 0 saturated heterocycles. The number of hydrogen-bond donors (Lipinski definition) is 2. The van der Waals surface area contributed by atoms with Crippen LogP contribution in [-0.4, -0.2) is 11.7 Å². The van der Waals surface area contributed by atoms with E-state index in [-0.39, 0.29) is 0 Å². The van der Waals surface area contributed by atoms with Crippen molar-refractivity contribution in [3.8, 4) is 5.75 Å². The van der Waals surface area contributed by atoms with Crippen LogP contribution in [-0.2, 0) is 6.42 Å². The molecule has 15 heavy (non-hydrogen) atoms. The first-order valence-electron chi connectivity index (χ1n) is 5.72. The number of phenols is 1. The zero-order valence-corrected chi connectivity index (χ0v) is 9.46. The Morgan fingerprint density at radius 2 is 2.27 bits per heavy atom. The van der Waals surface area contributed by atoms with Crippen LogP contribution in [0.5, 0.6) is 5.75 Å². The molecule has 2 rings (SSSR count). The summed E-state index contributed by atoms with van der Waals surface area (Å²) in [4.78, 5) is 0. The first-order valence-corrected chi connectivity index (χ1v) is 5.72.